The van der Waals surface area contributed by atoms with E-state index in [2.05, 4.69) is 4.99 Å². The highest BCUT2D eigenvalue weighted by atomic mass is 35.5. The molecule has 3 rings (SSSR count). The van der Waals surface area contributed by atoms with Gasteiger partial charge in [0.05, 0.1) is 10.0 Å². The van der Waals surface area contributed by atoms with Gasteiger partial charge in [-0.2, -0.15) is 0 Å². The van der Waals surface area contributed by atoms with Gasteiger partial charge in [0.2, 0.25) is 5.90 Å². The van der Waals surface area contributed by atoms with Crippen LogP contribution in [0, 0.1) is 0 Å². The van der Waals surface area contributed by atoms with E-state index in [-0.39, 0.29) is 11.6 Å². The molecule has 0 aromatic heterocycles. The Hall–Kier alpha value is -1.78. The number of carbonyl (C=O) groups is 1. The first-order valence-corrected chi connectivity index (χ1v) is 8.54. The smallest absolute Gasteiger partial charge is 0.363 e. The molecule has 2 aromatic rings. The van der Waals surface area contributed by atoms with Crippen molar-refractivity contribution in [2.45, 2.75) is 0 Å². The number of hydrogen-bond donors (Lipinski definition) is 0. The molecule has 0 radical (unpaired) electrons. The third kappa shape index (κ3) is 4.44. The Morgan fingerprint density at radius 3 is 2.40 bits per heavy atom. The average Bonchev–Trinajstić information content (AvgIpc) is 2.90. The molecule has 0 fully saturated rings. The van der Waals surface area contributed by atoms with Gasteiger partial charge in [0.15, 0.2) is 5.70 Å². The van der Waals surface area contributed by atoms with E-state index in [1.807, 2.05) is 0 Å². The minimum absolute atomic E-state index is 0.167. The van der Waals surface area contributed by atoms with E-state index in [1.165, 1.54) is 0 Å². The van der Waals surface area contributed by atoms with Crippen molar-refractivity contribution >= 4 is 70.4 Å². The van der Waals surface area contributed by atoms with E-state index in [9.17, 15) is 4.79 Å². The molecule has 0 atom stereocenters. The van der Waals surface area contributed by atoms with Crippen molar-refractivity contribution in [1.29, 1.82) is 0 Å². The van der Waals surface area contributed by atoms with E-state index in [0.29, 0.717) is 25.7 Å². The number of benzene rings is 2. The third-order valence-electron chi connectivity index (χ3n) is 3.25. The molecular formula is C18H9Cl4NO2. The molecule has 0 N–H and O–H groups in total. The summed E-state index contributed by atoms with van der Waals surface area (Å²) in [6, 6.07) is 10.1. The maximum atomic E-state index is 11.9. The zero-order valence-electron chi connectivity index (χ0n) is 12.5. The summed E-state index contributed by atoms with van der Waals surface area (Å²) in [6.45, 7) is 0. The van der Waals surface area contributed by atoms with E-state index in [0.717, 1.165) is 5.56 Å². The lowest BCUT2D eigenvalue weighted by Crippen LogP contribution is -2.01. The number of aliphatic imine (C=N–C) groups is 1. The Labute approximate surface area is 164 Å². The first-order chi connectivity index (χ1) is 11.9. The van der Waals surface area contributed by atoms with Crippen LogP contribution in [-0.4, -0.2) is 11.9 Å². The number of nitrogens with zero attached hydrogens (tertiary/aromatic N) is 1. The Balaban J connectivity index is 1.83. The largest absolute Gasteiger partial charge is 0.403 e. The minimum Gasteiger partial charge on any atom is -0.403 e. The van der Waals surface area contributed by atoms with E-state index >= 15 is 0 Å². The summed E-state index contributed by atoms with van der Waals surface area (Å²) in [4.78, 5) is 16.1. The number of esters is 1. The fourth-order valence-corrected chi connectivity index (χ4v) is 2.83. The lowest BCUT2D eigenvalue weighted by molar-refractivity contribution is -0.129. The molecule has 126 valence electrons. The molecule has 0 unspecified atom stereocenters. The Kier molecular flexibility index (Phi) is 5.50. The van der Waals surface area contributed by atoms with Gasteiger partial charge in [-0.1, -0.05) is 58.5 Å². The molecule has 2 aromatic carbocycles. The fraction of sp³-hybridized carbons (Fsp3) is 0. The van der Waals surface area contributed by atoms with Gasteiger partial charge in [0.25, 0.3) is 0 Å². The molecule has 0 amide bonds. The zero-order chi connectivity index (χ0) is 18.0. The number of carbonyl (C=O) groups excluding carboxylic acids is 1. The van der Waals surface area contributed by atoms with Gasteiger partial charge in [-0.05, 0) is 47.5 Å². The van der Waals surface area contributed by atoms with Crippen LogP contribution in [0.25, 0.3) is 12.2 Å². The lowest BCUT2D eigenvalue weighted by Gasteiger charge is -1.98. The molecule has 0 bridgehead atoms. The molecule has 1 heterocycles. The average molecular weight is 413 g/mol. The molecular weight excluding hydrogens is 404 g/mol. The first-order valence-electron chi connectivity index (χ1n) is 7.03. The molecule has 0 spiro atoms. The monoisotopic (exact) mass is 411 g/mol. The van der Waals surface area contributed by atoms with Crippen molar-refractivity contribution in [3.63, 3.8) is 0 Å². The second kappa shape index (κ2) is 7.63. The highest BCUT2D eigenvalue weighted by Crippen LogP contribution is 2.25. The van der Waals surface area contributed by atoms with Crippen LogP contribution in [0.2, 0.25) is 20.1 Å². The molecule has 7 heteroatoms. The molecule has 3 nitrogen and oxygen atoms in total. The maximum absolute atomic E-state index is 11.9. The standard InChI is InChI=1S/C18H9Cl4NO2/c19-12-4-2-11(14(21)9-12)3-6-17-23-16(18(24)25-17)8-10-1-5-13(20)15(22)7-10/h1-9H. The van der Waals surface area contributed by atoms with Gasteiger partial charge in [0, 0.05) is 16.1 Å². The van der Waals surface area contributed by atoms with Gasteiger partial charge < -0.3 is 4.74 Å². The van der Waals surface area contributed by atoms with E-state index in [4.69, 9.17) is 51.1 Å². The molecule has 0 saturated carbocycles. The Bertz CT molecular complexity index is 948. The molecule has 0 aliphatic carbocycles. The SMILES string of the molecule is O=C1OC(C=Cc2ccc(Cl)cc2Cl)=NC1=Cc1ccc(Cl)c(Cl)c1. The fourth-order valence-electron chi connectivity index (χ4n) is 2.05. The van der Waals surface area contributed by atoms with Crippen molar-refractivity contribution in [2.75, 3.05) is 0 Å². The summed E-state index contributed by atoms with van der Waals surface area (Å²) < 4.78 is 5.11. The Morgan fingerprint density at radius 2 is 1.68 bits per heavy atom. The van der Waals surface area contributed by atoms with Crippen LogP contribution in [0.4, 0.5) is 0 Å². The van der Waals surface area contributed by atoms with E-state index in [1.54, 1.807) is 54.6 Å². The first kappa shape index (κ1) is 18.0. The summed E-state index contributed by atoms with van der Waals surface area (Å²) in [5.74, 6) is -0.379. The van der Waals surface area contributed by atoms with Gasteiger partial charge in [-0.3, -0.25) is 0 Å². The predicted octanol–water partition coefficient (Wildman–Crippen LogP) is 6.31. The van der Waals surface area contributed by atoms with Gasteiger partial charge in [-0.25, -0.2) is 9.79 Å². The summed E-state index contributed by atoms with van der Waals surface area (Å²) >= 11 is 23.8. The third-order valence-corrected chi connectivity index (χ3v) is 4.55. The molecule has 25 heavy (non-hydrogen) atoms. The number of rotatable bonds is 3. The number of ether oxygens (including phenoxy) is 1. The van der Waals surface area contributed by atoms with E-state index < -0.39 is 5.97 Å². The topological polar surface area (TPSA) is 38.7 Å². The summed E-state index contributed by atoms with van der Waals surface area (Å²) in [5.41, 5.74) is 1.59. The van der Waals surface area contributed by atoms with Crippen LogP contribution >= 0.6 is 46.4 Å². The van der Waals surface area contributed by atoms with Gasteiger partial charge in [0.1, 0.15) is 0 Å². The maximum Gasteiger partial charge on any atom is 0.363 e. The van der Waals surface area contributed by atoms with Gasteiger partial charge in [-0.15, -0.1) is 0 Å². The van der Waals surface area contributed by atoms with Crippen molar-refractivity contribution in [3.8, 4) is 0 Å². The van der Waals surface area contributed by atoms with Crippen molar-refractivity contribution < 1.29 is 9.53 Å². The Morgan fingerprint density at radius 1 is 0.880 bits per heavy atom. The van der Waals surface area contributed by atoms with Crippen LogP contribution in [0.15, 0.2) is 53.2 Å². The predicted molar refractivity (Wildman–Crippen MR) is 103 cm³/mol. The lowest BCUT2D eigenvalue weighted by atomic mass is 10.2. The molecule has 0 saturated heterocycles. The summed E-state index contributed by atoms with van der Waals surface area (Å²) in [7, 11) is 0. The highest BCUT2D eigenvalue weighted by molar-refractivity contribution is 6.42. The molecule has 1 aliphatic heterocycles. The van der Waals surface area contributed by atoms with Crippen molar-refractivity contribution in [1.82, 2.24) is 0 Å². The number of hydrogen-bond acceptors (Lipinski definition) is 3. The highest BCUT2D eigenvalue weighted by Gasteiger charge is 2.21. The van der Waals surface area contributed by atoms with Crippen molar-refractivity contribution in [2.24, 2.45) is 4.99 Å². The summed E-state index contributed by atoms with van der Waals surface area (Å²) in [5, 5.41) is 1.85. The number of cyclic esters (lactones) is 1. The molecule has 1 aliphatic rings. The second-order valence-electron chi connectivity index (χ2n) is 5.04. The summed E-state index contributed by atoms with van der Waals surface area (Å²) in [6.07, 6.45) is 4.82. The normalized spacial score (nSPS) is 15.8. The van der Waals surface area contributed by atoms with Gasteiger partial charge >= 0.3 is 5.97 Å². The zero-order valence-corrected chi connectivity index (χ0v) is 15.5. The quantitative estimate of drug-likeness (QED) is 0.437. The minimum atomic E-state index is -0.548. The van der Waals surface area contributed by atoms with Crippen LogP contribution in [0.5, 0.6) is 0 Å². The second-order valence-corrected chi connectivity index (χ2v) is 6.70. The van der Waals surface area contributed by atoms with Crippen LogP contribution in [-0.2, 0) is 9.53 Å². The van der Waals surface area contributed by atoms with Crippen LogP contribution in [0.3, 0.4) is 0 Å². The van der Waals surface area contributed by atoms with Crippen molar-refractivity contribution in [3.05, 3.63) is 79.4 Å². The number of halogens is 4. The van der Waals surface area contributed by atoms with Crippen LogP contribution < -0.4 is 0 Å². The van der Waals surface area contributed by atoms with Crippen LogP contribution in [0.1, 0.15) is 11.1 Å².